The first kappa shape index (κ1) is 13.3. The van der Waals surface area contributed by atoms with E-state index in [2.05, 4.69) is 4.90 Å². The number of likely N-dealkylation sites (tertiary alicyclic amines) is 1. The van der Waals surface area contributed by atoms with Crippen molar-refractivity contribution < 1.29 is 14.6 Å². The molecule has 17 heavy (non-hydrogen) atoms. The molecule has 2 heterocycles. The molecule has 2 fully saturated rings. The summed E-state index contributed by atoms with van der Waals surface area (Å²) in [6, 6.07) is 0. The lowest BCUT2D eigenvalue weighted by molar-refractivity contribution is -0.0499. The third-order valence-electron chi connectivity index (χ3n) is 4.24. The minimum Gasteiger partial charge on any atom is -0.396 e. The number of hydrogen-bond acceptors (Lipinski definition) is 4. The van der Waals surface area contributed by atoms with Crippen LogP contribution in [0.4, 0.5) is 0 Å². The third-order valence-corrected chi connectivity index (χ3v) is 4.24. The van der Waals surface area contributed by atoms with Gasteiger partial charge in [0.25, 0.3) is 0 Å². The molecule has 1 atom stereocenters. The summed E-state index contributed by atoms with van der Waals surface area (Å²) in [6.07, 6.45) is 4.72. The van der Waals surface area contributed by atoms with Crippen molar-refractivity contribution in [2.75, 3.05) is 46.6 Å². The minimum atomic E-state index is 0.0634. The van der Waals surface area contributed by atoms with E-state index in [4.69, 9.17) is 9.47 Å². The highest BCUT2D eigenvalue weighted by atomic mass is 16.5. The van der Waals surface area contributed by atoms with E-state index in [0.29, 0.717) is 6.10 Å². The Balaban J connectivity index is 1.88. The normalized spacial score (nSPS) is 30.4. The number of nitrogens with zero attached hydrogens (tertiary/aromatic N) is 1. The summed E-state index contributed by atoms with van der Waals surface area (Å²) in [5.41, 5.74) is 0.0634. The predicted molar refractivity (Wildman–Crippen MR) is 66.0 cm³/mol. The molecular weight excluding hydrogens is 218 g/mol. The zero-order chi connectivity index (χ0) is 12.1. The molecule has 0 aromatic carbocycles. The van der Waals surface area contributed by atoms with Crippen molar-refractivity contribution in [3.05, 3.63) is 0 Å². The second kappa shape index (κ2) is 6.14. The van der Waals surface area contributed by atoms with E-state index in [1.165, 1.54) is 12.8 Å². The summed E-state index contributed by atoms with van der Waals surface area (Å²) in [7, 11) is 1.80. The third kappa shape index (κ3) is 3.41. The molecule has 2 saturated heterocycles. The topological polar surface area (TPSA) is 41.9 Å². The van der Waals surface area contributed by atoms with Crippen molar-refractivity contribution in [1.29, 1.82) is 0 Å². The van der Waals surface area contributed by atoms with Crippen LogP contribution < -0.4 is 0 Å². The van der Waals surface area contributed by atoms with Crippen LogP contribution in [0.1, 0.15) is 25.7 Å². The molecule has 0 aromatic rings. The number of piperidine rings is 1. The van der Waals surface area contributed by atoms with Gasteiger partial charge in [-0.3, -0.25) is 0 Å². The molecule has 4 nitrogen and oxygen atoms in total. The van der Waals surface area contributed by atoms with Gasteiger partial charge in [-0.15, -0.1) is 0 Å². The summed E-state index contributed by atoms with van der Waals surface area (Å²) in [4.78, 5) is 2.46. The lowest BCUT2D eigenvalue weighted by Crippen LogP contribution is -2.48. The summed E-state index contributed by atoms with van der Waals surface area (Å²) >= 11 is 0. The van der Waals surface area contributed by atoms with Gasteiger partial charge < -0.3 is 19.5 Å². The van der Waals surface area contributed by atoms with E-state index < -0.39 is 0 Å². The largest absolute Gasteiger partial charge is 0.396 e. The Kier molecular flexibility index (Phi) is 4.79. The highest BCUT2D eigenvalue weighted by molar-refractivity contribution is 4.86. The van der Waals surface area contributed by atoms with Crippen molar-refractivity contribution >= 4 is 0 Å². The van der Waals surface area contributed by atoms with Crippen LogP contribution in [0, 0.1) is 5.41 Å². The maximum atomic E-state index is 9.68. The van der Waals surface area contributed by atoms with Gasteiger partial charge in [-0.25, -0.2) is 0 Å². The molecule has 100 valence electrons. The van der Waals surface area contributed by atoms with Crippen LogP contribution >= 0.6 is 0 Å². The van der Waals surface area contributed by atoms with Crippen LogP contribution in [-0.4, -0.2) is 62.7 Å². The number of rotatable bonds is 4. The quantitative estimate of drug-likeness (QED) is 0.796. The van der Waals surface area contributed by atoms with E-state index in [-0.39, 0.29) is 12.0 Å². The second-order valence-electron chi connectivity index (χ2n) is 5.51. The standard InChI is InChI=1S/C13H25NO3/c1-16-12-3-2-6-14(9-12)10-13(11-15)4-7-17-8-5-13/h12,15H,2-11H2,1H3. The Morgan fingerprint density at radius 2 is 2.18 bits per heavy atom. The minimum absolute atomic E-state index is 0.0634. The summed E-state index contributed by atoms with van der Waals surface area (Å²) < 4.78 is 10.9. The molecule has 2 rings (SSSR count). The Bertz CT molecular complexity index is 229. The molecular formula is C13H25NO3. The van der Waals surface area contributed by atoms with Gasteiger partial charge in [0, 0.05) is 38.8 Å². The Hall–Kier alpha value is -0.160. The zero-order valence-electron chi connectivity index (χ0n) is 10.9. The van der Waals surface area contributed by atoms with Gasteiger partial charge in [-0.1, -0.05) is 0 Å². The zero-order valence-corrected chi connectivity index (χ0v) is 10.9. The fraction of sp³-hybridized carbons (Fsp3) is 1.00. The van der Waals surface area contributed by atoms with E-state index in [1.807, 2.05) is 0 Å². The van der Waals surface area contributed by atoms with Crippen molar-refractivity contribution in [2.45, 2.75) is 31.8 Å². The molecule has 0 amide bonds. The fourth-order valence-corrected chi connectivity index (χ4v) is 2.99. The lowest BCUT2D eigenvalue weighted by atomic mass is 9.80. The van der Waals surface area contributed by atoms with E-state index in [1.54, 1.807) is 7.11 Å². The number of aliphatic hydroxyl groups is 1. The smallest absolute Gasteiger partial charge is 0.0698 e. The van der Waals surface area contributed by atoms with Gasteiger partial charge in [0.1, 0.15) is 0 Å². The highest BCUT2D eigenvalue weighted by Crippen LogP contribution is 2.32. The average Bonchev–Trinajstić information content (AvgIpc) is 2.40. The van der Waals surface area contributed by atoms with Crippen molar-refractivity contribution in [3.8, 4) is 0 Å². The first-order valence-corrected chi connectivity index (χ1v) is 6.72. The molecule has 1 N–H and O–H groups in total. The number of aliphatic hydroxyl groups excluding tert-OH is 1. The summed E-state index contributed by atoms with van der Waals surface area (Å²) in [5.74, 6) is 0. The van der Waals surface area contributed by atoms with Crippen molar-refractivity contribution in [1.82, 2.24) is 4.90 Å². The maximum absolute atomic E-state index is 9.68. The molecule has 2 aliphatic heterocycles. The molecule has 0 spiro atoms. The van der Waals surface area contributed by atoms with Crippen molar-refractivity contribution in [3.63, 3.8) is 0 Å². The molecule has 2 aliphatic rings. The second-order valence-corrected chi connectivity index (χ2v) is 5.51. The number of ether oxygens (including phenoxy) is 2. The Morgan fingerprint density at radius 3 is 2.82 bits per heavy atom. The molecule has 0 aromatic heterocycles. The van der Waals surface area contributed by atoms with Gasteiger partial charge >= 0.3 is 0 Å². The van der Waals surface area contributed by atoms with Gasteiger partial charge in [0.05, 0.1) is 12.7 Å². The maximum Gasteiger partial charge on any atom is 0.0698 e. The van der Waals surface area contributed by atoms with Gasteiger partial charge in [0.2, 0.25) is 0 Å². The molecule has 0 saturated carbocycles. The van der Waals surface area contributed by atoms with Crippen LogP contribution in [0.25, 0.3) is 0 Å². The summed E-state index contributed by atoms with van der Waals surface area (Å²) in [6.45, 7) is 5.02. The fourth-order valence-electron chi connectivity index (χ4n) is 2.99. The van der Waals surface area contributed by atoms with Gasteiger partial charge in [0.15, 0.2) is 0 Å². The molecule has 0 radical (unpaired) electrons. The van der Waals surface area contributed by atoms with Crippen LogP contribution in [0.15, 0.2) is 0 Å². The average molecular weight is 243 g/mol. The number of hydrogen-bond donors (Lipinski definition) is 1. The molecule has 0 bridgehead atoms. The lowest BCUT2D eigenvalue weighted by Gasteiger charge is -2.42. The first-order valence-electron chi connectivity index (χ1n) is 6.72. The van der Waals surface area contributed by atoms with Crippen LogP contribution in [-0.2, 0) is 9.47 Å². The van der Waals surface area contributed by atoms with E-state index in [9.17, 15) is 5.11 Å². The van der Waals surface area contributed by atoms with Gasteiger partial charge in [-0.2, -0.15) is 0 Å². The first-order chi connectivity index (χ1) is 8.28. The highest BCUT2D eigenvalue weighted by Gasteiger charge is 2.35. The molecule has 0 aliphatic carbocycles. The van der Waals surface area contributed by atoms with Crippen molar-refractivity contribution in [2.24, 2.45) is 5.41 Å². The monoisotopic (exact) mass is 243 g/mol. The predicted octanol–water partition coefficient (Wildman–Crippen LogP) is 0.886. The summed E-state index contributed by atoms with van der Waals surface area (Å²) in [5, 5.41) is 9.68. The Morgan fingerprint density at radius 1 is 1.41 bits per heavy atom. The Labute approximate surface area is 104 Å². The number of methoxy groups -OCH3 is 1. The van der Waals surface area contributed by atoms with Crippen LogP contribution in [0.3, 0.4) is 0 Å². The molecule has 1 unspecified atom stereocenters. The van der Waals surface area contributed by atoms with Gasteiger partial charge in [-0.05, 0) is 32.2 Å². The van der Waals surface area contributed by atoms with Crippen LogP contribution in [0.5, 0.6) is 0 Å². The van der Waals surface area contributed by atoms with Crippen LogP contribution in [0.2, 0.25) is 0 Å². The van der Waals surface area contributed by atoms with E-state index in [0.717, 1.165) is 45.7 Å². The molecule has 4 heteroatoms. The van der Waals surface area contributed by atoms with E-state index >= 15 is 0 Å². The SMILES string of the molecule is COC1CCCN(CC2(CO)CCOCC2)C1.